The first kappa shape index (κ1) is 17.5. The van der Waals surface area contributed by atoms with Crippen molar-refractivity contribution < 1.29 is 9.90 Å². The van der Waals surface area contributed by atoms with Crippen LogP contribution in [0.25, 0.3) is 0 Å². The highest BCUT2D eigenvalue weighted by Crippen LogP contribution is 2.28. The molecule has 0 heterocycles. The third-order valence-electron chi connectivity index (χ3n) is 3.16. The first-order chi connectivity index (χ1) is 9.35. The Morgan fingerprint density at radius 1 is 1.35 bits per heavy atom. The van der Waals surface area contributed by atoms with Crippen molar-refractivity contribution in [2.45, 2.75) is 38.6 Å². The Balaban J connectivity index is 2.59. The van der Waals surface area contributed by atoms with Crippen molar-refractivity contribution in [1.29, 1.82) is 0 Å². The minimum atomic E-state index is -0.171. The summed E-state index contributed by atoms with van der Waals surface area (Å²) in [5.41, 5.74) is 2.32. The smallest absolute Gasteiger partial charge is 0.230 e. The fourth-order valence-corrected chi connectivity index (χ4v) is 3.10. The standard InChI is InChI=1S/C15H22BrNO2S/c1-9(2)13(7-18)17-15(19)8-20-14-6-10(3)12(16)5-11(14)4/h5-6,9,13,18H,7-8H2,1-4H3,(H,17,19). The highest BCUT2D eigenvalue weighted by Gasteiger charge is 2.15. The molecule has 5 heteroatoms. The lowest BCUT2D eigenvalue weighted by Gasteiger charge is -2.19. The molecule has 20 heavy (non-hydrogen) atoms. The van der Waals surface area contributed by atoms with Crippen LogP contribution in [0.4, 0.5) is 0 Å². The third kappa shape index (κ3) is 5.11. The van der Waals surface area contributed by atoms with E-state index in [-0.39, 0.29) is 24.5 Å². The maximum Gasteiger partial charge on any atom is 0.230 e. The number of carbonyl (C=O) groups excluding carboxylic acids is 1. The summed E-state index contributed by atoms with van der Waals surface area (Å²) >= 11 is 5.03. The topological polar surface area (TPSA) is 49.3 Å². The summed E-state index contributed by atoms with van der Waals surface area (Å²) in [6.45, 7) is 8.01. The normalized spacial score (nSPS) is 12.6. The van der Waals surface area contributed by atoms with Gasteiger partial charge >= 0.3 is 0 Å². The fraction of sp³-hybridized carbons (Fsp3) is 0.533. The summed E-state index contributed by atoms with van der Waals surface area (Å²) in [5.74, 6) is 0.554. The van der Waals surface area contributed by atoms with Gasteiger partial charge < -0.3 is 10.4 Å². The molecule has 0 spiro atoms. The van der Waals surface area contributed by atoms with Crippen molar-refractivity contribution >= 4 is 33.6 Å². The molecule has 0 radical (unpaired) electrons. The van der Waals surface area contributed by atoms with Gasteiger partial charge in [0.15, 0.2) is 0 Å². The summed E-state index contributed by atoms with van der Waals surface area (Å²) in [6, 6.07) is 3.99. The van der Waals surface area contributed by atoms with E-state index in [1.807, 2.05) is 27.7 Å². The minimum absolute atomic E-state index is 0.0233. The second-order valence-corrected chi connectivity index (χ2v) is 7.13. The molecule has 0 saturated carbocycles. The van der Waals surface area contributed by atoms with Gasteiger partial charge in [-0.3, -0.25) is 4.79 Å². The molecular formula is C15H22BrNO2S. The van der Waals surface area contributed by atoms with Crippen LogP contribution in [0.5, 0.6) is 0 Å². The van der Waals surface area contributed by atoms with Gasteiger partial charge in [0.05, 0.1) is 18.4 Å². The van der Waals surface area contributed by atoms with Gasteiger partial charge in [0, 0.05) is 9.37 Å². The molecule has 1 unspecified atom stereocenters. The monoisotopic (exact) mass is 359 g/mol. The van der Waals surface area contributed by atoms with Crippen LogP contribution in [0.1, 0.15) is 25.0 Å². The van der Waals surface area contributed by atoms with Crippen molar-refractivity contribution in [3.63, 3.8) is 0 Å². The van der Waals surface area contributed by atoms with Gasteiger partial charge in [0.2, 0.25) is 5.91 Å². The number of aliphatic hydroxyl groups is 1. The van der Waals surface area contributed by atoms with Gasteiger partial charge in [-0.25, -0.2) is 0 Å². The zero-order chi connectivity index (χ0) is 15.3. The van der Waals surface area contributed by atoms with E-state index in [9.17, 15) is 9.90 Å². The summed E-state index contributed by atoms with van der Waals surface area (Å²) in [7, 11) is 0. The van der Waals surface area contributed by atoms with Crippen LogP contribution in [-0.2, 0) is 4.79 Å². The van der Waals surface area contributed by atoms with E-state index < -0.39 is 0 Å². The predicted molar refractivity (Wildman–Crippen MR) is 88.2 cm³/mol. The molecule has 0 aromatic heterocycles. The highest BCUT2D eigenvalue weighted by molar-refractivity contribution is 9.10. The molecule has 0 aliphatic carbocycles. The maximum absolute atomic E-state index is 11.9. The van der Waals surface area contributed by atoms with E-state index in [0.29, 0.717) is 5.75 Å². The SMILES string of the molecule is Cc1cc(SCC(=O)NC(CO)C(C)C)c(C)cc1Br. The molecule has 1 amide bonds. The van der Waals surface area contributed by atoms with Crippen LogP contribution >= 0.6 is 27.7 Å². The Morgan fingerprint density at radius 3 is 2.55 bits per heavy atom. The average molecular weight is 360 g/mol. The lowest BCUT2D eigenvalue weighted by atomic mass is 10.1. The molecule has 112 valence electrons. The first-order valence-corrected chi connectivity index (χ1v) is 8.42. The maximum atomic E-state index is 11.9. The number of rotatable bonds is 6. The van der Waals surface area contributed by atoms with Crippen molar-refractivity contribution in [1.82, 2.24) is 5.32 Å². The molecule has 1 rings (SSSR count). The van der Waals surface area contributed by atoms with Crippen LogP contribution in [0.3, 0.4) is 0 Å². The second kappa shape index (κ2) is 8.05. The van der Waals surface area contributed by atoms with E-state index in [4.69, 9.17) is 0 Å². The molecule has 2 N–H and O–H groups in total. The Labute approximate surface area is 133 Å². The quantitative estimate of drug-likeness (QED) is 0.766. The zero-order valence-corrected chi connectivity index (χ0v) is 14.8. The van der Waals surface area contributed by atoms with Crippen LogP contribution in [-0.4, -0.2) is 29.4 Å². The van der Waals surface area contributed by atoms with Gasteiger partial charge in [0.25, 0.3) is 0 Å². The van der Waals surface area contributed by atoms with E-state index in [2.05, 4.69) is 33.4 Å². The Morgan fingerprint density at radius 2 is 2.00 bits per heavy atom. The van der Waals surface area contributed by atoms with E-state index in [0.717, 1.165) is 20.5 Å². The predicted octanol–water partition coefficient (Wildman–Crippen LogP) is 3.29. The number of aryl methyl sites for hydroxylation is 2. The summed E-state index contributed by atoms with van der Waals surface area (Å²) in [6.07, 6.45) is 0. The summed E-state index contributed by atoms with van der Waals surface area (Å²) in [4.78, 5) is 13.0. The van der Waals surface area contributed by atoms with E-state index in [1.54, 1.807) is 0 Å². The number of amides is 1. The molecule has 0 saturated heterocycles. The van der Waals surface area contributed by atoms with Crippen LogP contribution in [0, 0.1) is 19.8 Å². The first-order valence-electron chi connectivity index (χ1n) is 6.65. The molecular weight excluding hydrogens is 338 g/mol. The molecule has 1 atom stereocenters. The minimum Gasteiger partial charge on any atom is -0.394 e. The second-order valence-electron chi connectivity index (χ2n) is 5.26. The van der Waals surface area contributed by atoms with Crippen LogP contribution in [0.2, 0.25) is 0 Å². The Kier molecular flexibility index (Phi) is 7.06. The van der Waals surface area contributed by atoms with E-state index in [1.165, 1.54) is 11.8 Å². The number of carbonyl (C=O) groups is 1. The number of nitrogens with one attached hydrogen (secondary N) is 1. The number of benzene rings is 1. The number of hydrogen-bond donors (Lipinski definition) is 2. The molecule has 0 aliphatic heterocycles. The van der Waals surface area contributed by atoms with Crippen LogP contribution < -0.4 is 5.32 Å². The number of aliphatic hydroxyl groups excluding tert-OH is 1. The third-order valence-corrected chi connectivity index (χ3v) is 5.17. The number of thioether (sulfide) groups is 1. The van der Waals surface area contributed by atoms with Gasteiger partial charge in [-0.05, 0) is 43.0 Å². The van der Waals surface area contributed by atoms with Gasteiger partial charge in [0.1, 0.15) is 0 Å². The largest absolute Gasteiger partial charge is 0.394 e. The van der Waals surface area contributed by atoms with Crippen LogP contribution in [0.15, 0.2) is 21.5 Å². The van der Waals surface area contributed by atoms with Crippen molar-refractivity contribution in [3.05, 3.63) is 27.7 Å². The van der Waals surface area contributed by atoms with Crippen molar-refractivity contribution in [3.8, 4) is 0 Å². The van der Waals surface area contributed by atoms with Gasteiger partial charge in [-0.15, -0.1) is 11.8 Å². The van der Waals surface area contributed by atoms with Crippen molar-refractivity contribution in [2.24, 2.45) is 5.92 Å². The van der Waals surface area contributed by atoms with E-state index >= 15 is 0 Å². The summed E-state index contributed by atoms with van der Waals surface area (Å²) < 4.78 is 1.09. The molecule has 0 bridgehead atoms. The van der Waals surface area contributed by atoms with Gasteiger partial charge in [-0.1, -0.05) is 29.8 Å². The molecule has 0 fully saturated rings. The highest BCUT2D eigenvalue weighted by atomic mass is 79.9. The Bertz CT molecular complexity index is 477. The molecule has 0 aliphatic rings. The van der Waals surface area contributed by atoms with Gasteiger partial charge in [-0.2, -0.15) is 0 Å². The fourth-order valence-electron chi connectivity index (χ4n) is 1.72. The average Bonchev–Trinajstić information content (AvgIpc) is 2.38. The number of halogens is 1. The van der Waals surface area contributed by atoms with Crippen molar-refractivity contribution in [2.75, 3.05) is 12.4 Å². The summed E-state index contributed by atoms with van der Waals surface area (Å²) in [5, 5.41) is 12.1. The zero-order valence-electron chi connectivity index (χ0n) is 12.4. The number of hydrogen-bond acceptors (Lipinski definition) is 3. The molecule has 3 nitrogen and oxygen atoms in total. The lowest BCUT2D eigenvalue weighted by molar-refractivity contribution is -0.119. The molecule has 1 aromatic rings. The molecule has 1 aromatic carbocycles. The lowest BCUT2D eigenvalue weighted by Crippen LogP contribution is -2.41. The Hall–Kier alpha value is -0.520.